The van der Waals surface area contributed by atoms with E-state index in [9.17, 15) is 4.79 Å². The Morgan fingerprint density at radius 2 is 1.78 bits per heavy atom. The third kappa shape index (κ3) is 7.01. The zero-order chi connectivity index (χ0) is 26.0. The molecule has 0 aromatic heterocycles. The average molecular weight is 494 g/mol. The van der Waals surface area contributed by atoms with Crippen LogP contribution in [0.5, 0.6) is 5.75 Å². The molecule has 4 heteroatoms. The monoisotopic (exact) mass is 493 g/mol. The van der Waals surface area contributed by atoms with Crippen molar-refractivity contribution in [3.05, 3.63) is 120 Å². The molecule has 3 aromatic carbocycles. The van der Waals surface area contributed by atoms with E-state index in [0.29, 0.717) is 13.0 Å². The molecule has 0 saturated heterocycles. The summed E-state index contributed by atoms with van der Waals surface area (Å²) in [5.74, 6) is 0.0841. The summed E-state index contributed by atoms with van der Waals surface area (Å²) in [6.45, 7) is 8.23. The van der Waals surface area contributed by atoms with E-state index in [1.165, 1.54) is 27.9 Å². The van der Waals surface area contributed by atoms with Gasteiger partial charge >= 0.3 is 5.97 Å². The van der Waals surface area contributed by atoms with Crippen LogP contribution in [0.1, 0.15) is 37.3 Å². The Morgan fingerprint density at radius 1 is 1.00 bits per heavy atom. The summed E-state index contributed by atoms with van der Waals surface area (Å²) < 4.78 is 6.31. The van der Waals surface area contributed by atoms with Crippen molar-refractivity contribution < 1.29 is 14.6 Å². The molecule has 0 fully saturated rings. The molecule has 0 bridgehead atoms. The number of hydrogen-bond donors (Lipinski definition) is 1. The van der Waals surface area contributed by atoms with Crippen molar-refractivity contribution in [3.8, 4) is 16.9 Å². The first kappa shape index (κ1) is 26.0. The molecule has 1 N–H and O–H groups in total. The Labute approximate surface area is 220 Å². The fraction of sp³-hybridized carbons (Fsp3) is 0.242. The number of para-hydroxylation sites is 1. The molecular weight excluding hydrogens is 458 g/mol. The summed E-state index contributed by atoms with van der Waals surface area (Å²) in [4.78, 5) is 13.3. The number of aryl methyl sites for hydroxylation is 1. The van der Waals surface area contributed by atoms with Crippen molar-refractivity contribution in [1.82, 2.24) is 0 Å². The van der Waals surface area contributed by atoms with Gasteiger partial charge in [-0.3, -0.25) is 4.79 Å². The highest BCUT2D eigenvalue weighted by molar-refractivity contribution is 5.70. The highest BCUT2D eigenvalue weighted by Crippen LogP contribution is 2.38. The molecule has 4 rings (SSSR count). The minimum Gasteiger partial charge on any atom is -0.487 e. The summed E-state index contributed by atoms with van der Waals surface area (Å²) >= 11 is 0. The minimum atomic E-state index is -0.792. The van der Waals surface area contributed by atoms with E-state index in [1.807, 2.05) is 31.2 Å². The fourth-order valence-electron chi connectivity index (χ4n) is 4.76. The molecule has 4 nitrogen and oxygen atoms in total. The lowest BCUT2D eigenvalue weighted by molar-refractivity contribution is -0.136. The maximum absolute atomic E-state index is 10.9. The van der Waals surface area contributed by atoms with Gasteiger partial charge in [-0.05, 0) is 60.1 Å². The number of rotatable bonds is 11. The van der Waals surface area contributed by atoms with Crippen molar-refractivity contribution in [2.24, 2.45) is 0 Å². The number of carboxylic acids is 1. The lowest BCUT2D eigenvalue weighted by Gasteiger charge is -2.33. The van der Waals surface area contributed by atoms with Crippen LogP contribution in [-0.4, -0.2) is 24.2 Å². The number of carboxylic acid groups (broad SMARTS) is 1. The first-order chi connectivity index (χ1) is 18.0. The van der Waals surface area contributed by atoms with Gasteiger partial charge in [0.1, 0.15) is 12.4 Å². The first-order valence-electron chi connectivity index (χ1n) is 12.9. The summed E-state index contributed by atoms with van der Waals surface area (Å²) in [6, 6.07) is 25.5. The van der Waals surface area contributed by atoms with Gasteiger partial charge < -0.3 is 14.7 Å². The van der Waals surface area contributed by atoms with Gasteiger partial charge in [-0.1, -0.05) is 97.1 Å². The van der Waals surface area contributed by atoms with Crippen LogP contribution in [0, 0.1) is 0 Å². The van der Waals surface area contributed by atoms with Gasteiger partial charge in [-0.25, -0.2) is 0 Å². The molecule has 0 aliphatic carbocycles. The van der Waals surface area contributed by atoms with Crippen LogP contribution in [-0.2, 0) is 17.8 Å². The number of benzene rings is 3. The van der Waals surface area contributed by atoms with Crippen LogP contribution in [0.4, 0.5) is 5.69 Å². The van der Waals surface area contributed by atoms with Crippen LogP contribution in [0.3, 0.4) is 0 Å². The molecular formula is C33H35NO3. The normalized spacial score (nSPS) is 13.4. The third-order valence-corrected chi connectivity index (χ3v) is 6.68. The standard InChI is InChI=1S/C33H35NO3/c1-3-26(20-21-32(35)36)19-18-25(2)24-37-31-17-9-14-28-15-10-22-34(33(28)31)23-29-13-7-8-16-30(29)27-11-5-4-6-12-27/h3-9,11-14,16-19H,2,10,15,20-24H2,1H3,(H,35,36)/b19-18-,26-3+. The van der Waals surface area contributed by atoms with E-state index >= 15 is 0 Å². The van der Waals surface area contributed by atoms with E-state index in [-0.39, 0.29) is 6.42 Å². The van der Waals surface area contributed by atoms with Crippen molar-refractivity contribution >= 4 is 11.7 Å². The van der Waals surface area contributed by atoms with Crippen LogP contribution >= 0.6 is 0 Å². The van der Waals surface area contributed by atoms with E-state index in [1.54, 1.807) is 0 Å². The van der Waals surface area contributed by atoms with Crippen LogP contribution in [0.25, 0.3) is 11.1 Å². The van der Waals surface area contributed by atoms with E-state index in [0.717, 1.165) is 42.8 Å². The number of carbonyl (C=O) groups is 1. The van der Waals surface area contributed by atoms with Crippen LogP contribution in [0.2, 0.25) is 0 Å². The highest BCUT2D eigenvalue weighted by Gasteiger charge is 2.22. The number of aliphatic carboxylic acids is 1. The van der Waals surface area contributed by atoms with Gasteiger partial charge in [0, 0.05) is 19.5 Å². The number of fused-ring (bicyclic) bond motifs is 1. The highest BCUT2D eigenvalue weighted by atomic mass is 16.5. The summed E-state index contributed by atoms with van der Waals surface area (Å²) in [6.07, 6.45) is 8.56. The predicted molar refractivity (Wildman–Crippen MR) is 152 cm³/mol. The molecule has 190 valence electrons. The van der Waals surface area contributed by atoms with Crippen molar-refractivity contribution in [2.75, 3.05) is 18.1 Å². The first-order valence-corrected chi connectivity index (χ1v) is 12.9. The number of anilines is 1. The quantitative estimate of drug-likeness (QED) is 0.279. The maximum Gasteiger partial charge on any atom is 0.303 e. The Balaban J connectivity index is 1.49. The van der Waals surface area contributed by atoms with Gasteiger partial charge in [0.25, 0.3) is 0 Å². The molecule has 37 heavy (non-hydrogen) atoms. The summed E-state index contributed by atoms with van der Waals surface area (Å²) in [7, 11) is 0. The Kier molecular flexibility index (Phi) is 8.98. The molecule has 0 saturated carbocycles. The second-order valence-corrected chi connectivity index (χ2v) is 9.35. The predicted octanol–water partition coefficient (Wildman–Crippen LogP) is 7.61. The van der Waals surface area contributed by atoms with Gasteiger partial charge in [0.15, 0.2) is 0 Å². The Bertz CT molecular complexity index is 1290. The smallest absolute Gasteiger partial charge is 0.303 e. The molecule has 1 heterocycles. The van der Waals surface area contributed by atoms with E-state index < -0.39 is 5.97 Å². The molecule has 0 amide bonds. The zero-order valence-corrected chi connectivity index (χ0v) is 21.5. The Morgan fingerprint density at radius 3 is 2.57 bits per heavy atom. The van der Waals surface area contributed by atoms with Crippen molar-refractivity contribution in [1.29, 1.82) is 0 Å². The number of nitrogens with zero attached hydrogens (tertiary/aromatic N) is 1. The van der Waals surface area contributed by atoms with Crippen molar-refractivity contribution in [3.63, 3.8) is 0 Å². The van der Waals surface area contributed by atoms with E-state index in [4.69, 9.17) is 9.84 Å². The average Bonchev–Trinajstić information content (AvgIpc) is 2.92. The molecule has 1 aliphatic rings. The SMILES string of the molecule is C=C(/C=C\C(=C/C)CCC(=O)O)COc1cccc2c1N(Cc1ccccc1-c1ccccc1)CCC2. The van der Waals surface area contributed by atoms with Crippen LogP contribution in [0.15, 0.2) is 109 Å². The summed E-state index contributed by atoms with van der Waals surface area (Å²) in [5, 5.41) is 8.94. The lowest BCUT2D eigenvalue weighted by atomic mass is 9.97. The Hall–Kier alpha value is -4.05. The van der Waals surface area contributed by atoms with Gasteiger partial charge in [0.05, 0.1) is 5.69 Å². The molecule has 0 radical (unpaired) electrons. The molecule has 3 aromatic rings. The van der Waals surface area contributed by atoms with Gasteiger partial charge in [0.2, 0.25) is 0 Å². The minimum absolute atomic E-state index is 0.117. The van der Waals surface area contributed by atoms with E-state index in [2.05, 4.69) is 78.2 Å². The third-order valence-electron chi connectivity index (χ3n) is 6.68. The van der Waals surface area contributed by atoms with Gasteiger partial charge in [-0.2, -0.15) is 0 Å². The topological polar surface area (TPSA) is 49.8 Å². The molecule has 0 atom stereocenters. The number of allylic oxidation sites excluding steroid dienone is 3. The van der Waals surface area contributed by atoms with Crippen molar-refractivity contribution in [2.45, 2.75) is 39.2 Å². The zero-order valence-electron chi connectivity index (χ0n) is 21.5. The maximum atomic E-state index is 10.9. The summed E-state index contributed by atoms with van der Waals surface area (Å²) in [5.41, 5.74) is 8.08. The lowest BCUT2D eigenvalue weighted by Crippen LogP contribution is -2.29. The second kappa shape index (κ2) is 12.8. The molecule has 0 unspecified atom stereocenters. The fourth-order valence-corrected chi connectivity index (χ4v) is 4.76. The second-order valence-electron chi connectivity index (χ2n) is 9.35. The number of ether oxygens (including phenoxy) is 1. The molecule has 0 spiro atoms. The molecule has 1 aliphatic heterocycles. The van der Waals surface area contributed by atoms with Gasteiger partial charge in [-0.15, -0.1) is 0 Å². The largest absolute Gasteiger partial charge is 0.487 e. The van der Waals surface area contributed by atoms with Crippen LogP contribution < -0.4 is 9.64 Å². The number of hydrogen-bond acceptors (Lipinski definition) is 3.